The van der Waals surface area contributed by atoms with E-state index in [1.165, 1.54) is 34.9 Å². The Bertz CT molecular complexity index is 1150. The van der Waals surface area contributed by atoms with Crippen LogP contribution in [0.4, 0.5) is 13.2 Å². The lowest BCUT2D eigenvalue weighted by Gasteiger charge is -2.08. The second kappa shape index (κ2) is 6.64. The Labute approximate surface area is 156 Å². The van der Waals surface area contributed by atoms with Crippen molar-refractivity contribution >= 4 is 38.9 Å². The van der Waals surface area contributed by atoms with E-state index >= 15 is 0 Å². The number of aldehydes is 1. The van der Waals surface area contributed by atoms with Crippen molar-refractivity contribution in [2.45, 2.75) is 15.3 Å². The van der Waals surface area contributed by atoms with E-state index in [9.17, 15) is 26.4 Å². The number of rotatable bonds is 4. The molecule has 142 valence electrons. The van der Waals surface area contributed by atoms with Crippen molar-refractivity contribution in [1.82, 2.24) is 14.5 Å². The molecule has 0 bridgehead atoms. The molecule has 2 heterocycles. The third-order valence-electron chi connectivity index (χ3n) is 3.70. The third kappa shape index (κ3) is 3.98. The van der Waals surface area contributed by atoms with Gasteiger partial charge < -0.3 is 4.57 Å². The molecule has 6 nitrogen and oxygen atoms in total. The van der Waals surface area contributed by atoms with Crippen LogP contribution in [-0.2, 0) is 16.9 Å². The molecule has 0 saturated heterocycles. The maximum atomic E-state index is 12.6. The molecule has 0 amide bonds. The highest BCUT2D eigenvalue weighted by Crippen LogP contribution is 2.38. The average Bonchev–Trinajstić information content (AvgIpc) is 2.88. The van der Waals surface area contributed by atoms with Crippen molar-refractivity contribution < 1.29 is 26.4 Å². The first-order chi connectivity index (χ1) is 12.5. The minimum atomic E-state index is -4.44. The number of alkyl halides is 3. The molecular weight excluding hydrogens is 403 g/mol. The van der Waals surface area contributed by atoms with Crippen LogP contribution in [0.15, 0.2) is 40.1 Å². The topological polar surface area (TPSA) is 81.9 Å². The van der Waals surface area contributed by atoms with Crippen molar-refractivity contribution in [3.05, 3.63) is 36.0 Å². The van der Waals surface area contributed by atoms with Gasteiger partial charge in [0.1, 0.15) is 11.4 Å². The van der Waals surface area contributed by atoms with Gasteiger partial charge in [0.2, 0.25) is 0 Å². The first-order valence-corrected chi connectivity index (χ1v) is 10.1. The molecule has 0 N–H and O–H groups in total. The summed E-state index contributed by atoms with van der Waals surface area (Å²) in [5.74, 6) is 0.128. The zero-order valence-electron chi connectivity index (χ0n) is 14.0. The monoisotopic (exact) mass is 415 g/mol. The van der Waals surface area contributed by atoms with Gasteiger partial charge >= 0.3 is 5.51 Å². The number of hydrogen-bond donors (Lipinski definition) is 0. The first kappa shape index (κ1) is 19.4. The van der Waals surface area contributed by atoms with E-state index in [1.54, 1.807) is 7.05 Å². The molecule has 0 aliphatic carbocycles. The molecule has 0 radical (unpaired) electrons. The van der Waals surface area contributed by atoms with Crippen molar-refractivity contribution in [3.8, 4) is 11.5 Å². The Morgan fingerprint density at radius 3 is 2.44 bits per heavy atom. The summed E-state index contributed by atoms with van der Waals surface area (Å²) in [6.45, 7) is 0. The molecule has 0 aliphatic rings. The molecule has 3 aromatic rings. The van der Waals surface area contributed by atoms with Gasteiger partial charge in [-0.3, -0.25) is 4.79 Å². The number of benzene rings is 1. The molecule has 11 heteroatoms. The van der Waals surface area contributed by atoms with Crippen LogP contribution in [0, 0.1) is 0 Å². The van der Waals surface area contributed by atoms with E-state index < -0.39 is 15.3 Å². The molecule has 0 unspecified atom stereocenters. The Kier molecular flexibility index (Phi) is 4.76. The minimum absolute atomic E-state index is 0.0118. The lowest BCUT2D eigenvalue weighted by atomic mass is 10.3. The number of carbonyl (C=O) groups is 1. The largest absolute Gasteiger partial charge is 0.446 e. The number of aromatic nitrogens is 3. The number of halogens is 3. The quantitative estimate of drug-likeness (QED) is 0.479. The van der Waals surface area contributed by atoms with E-state index in [0.717, 1.165) is 6.26 Å². The predicted molar refractivity (Wildman–Crippen MR) is 94.4 cm³/mol. The maximum Gasteiger partial charge on any atom is 0.446 e. The van der Waals surface area contributed by atoms with Crippen molar-refractivity contribution in [2.24, 2.45) is 7.05 Å². The molecule has 0 saturated carbocycles. The Morgan fingerprint density at radius 2 is 1.85 bits per heavy atom. The van der Waals surface area contributed by atoms with Gasteiger partial charge in [-0.2, -0.15) is 13.2 Å². The molecule has 0 spiro atoms. The number of nitrogens with zero attached hydrogens (tertiary/aromatic N) is 3. The number of carbonyl (C=O) groups excluding carboxylic acids is 1. The van der Waals surface area contributed by atoms with Crippen molar-refractivity contribution in [2.75, 3.05) is 6.26 Å². The summed E-state index contributed by atoms with van der Waals surface area (Å²) < 4.78 is 63.4. The number of hydrogen-bond acceptors (Lipinski definition) is 6. The zero-order chi connectivity index (χ0) is 20.0. The molecule has 0 atom stereocenters. The van der Waals surface area contributed by atoms with E-state index in [4.69, 9.17) is 0 Å². The highest BCUT2D eigenvalue weighted by Gasteiger charge is 2.29. The van der Waals surface area contributed by atoms with Crippen LogP contribution in [0.3, 0.4) is 0 Å². The van der Waals surface area contributed by atoms with Crippen LogP contribution < -0.4 is 0 Å². The molecule has 27 heavy (non-hydrogen) atoms. The standard InChI is InChI=1S/C16H12F3N3O3S2/c1-22-12-5-4-10(26-16(17,18)19)7-11(12)21-15(22)14-13(27(2,24)25)6-3-9(8-23)20-14/h3-8H,1-2H3. The smallest absolute Gasteiger partial charge is 0.326 e. The van der Waals surface area contributed by atoms with Gasteiger partial charge in [-0.25, -0.2) is 18.4 Å². The summed E-state index contributed by atoms with van der Waals surface area (Å²) in [7, 11) is -2.09. The molecule has 3 rings (SSSR count). The van der Waals surface area contributed by atoms with E-state index in [-0.39, 0.29) is 44.3 Å². The lowest BCUT2D eigenvalue weighted by Crippen LogP contribution is -2.06. The number of fused-ring (bicyclic) bond motifs is 1. The van der Waals surface area contributed by atoms with Gasteiger partial charge in [0.05, 0.1) is 15.9 Å². The van der Waals surface area contributed by atoms with E-state index in [0.29, 0.717) is 11.8 Å². The first-order valence-electron chi connectivity index (χ1n) is 7.38. The van der Waals surface area contributed by atoms with Crippen LogP contribution in [0.5, 0.6) is 0 Å². The predicted octanol–water partition coefficient (Wildman–Crippen LogP) is 3.46. The lowest BCUT2D eigenvalue weighted by molar-refractivity contribution is -0.0328. The van der Waals surface area contributed by atoms with Crippen LogP contribution in [-0.4, -0.2) is 41.0 Å². The normalized spacial score (nSPS) is 12.5. The van der Waals surface area contributed by atoms with Gasteiger partial charge in [-0.1, -0.05) is 0 Å². The Balaban J connectivity index is 2.23. The second-order valence-electron chi connectivity index (χ2n) is 5.67. The average molecular weight is 415 g/mol. The molecule has 1 aromatic carbocycles. The van der Waals surface area contributed by atoms with Crippen LogP contribution in [0.25, 0.3) is 22.6 Å². The molecule has 2 aromatic heterocycles. The van der Waals surface area contributed by atoms with Crippen LogP contribution in [0.2, 0.25) is 0 Å². The summed E-state index contributed by atoms with van der Waals surface area (Å²) in [6.07, 6.45) is 1.46. The van der Waals surface area contributed by atoms with Crippen LogP contribution >= 0.6 is 11.8 Å². The van der Waals surface area contributed by atoms with E-state index in [1.807, 2.05) is 0 Å². The number of sulfone groups is 1. The Hall–Kier alpha value is -2.40. The van der Waals surface area contributed by atoms with E-state index in [2.05, 4.69) is 9.97 Å². The molecule has 0 fully saturated rings. The van der Waals surface area contributed by atoms with Gasteiger partial charge in [0.25, 0.3) is 0 Å². The number of thioether (sulfide) groups is 1. The summed E-state index contributed by atoms with van der Waals surface area (Å²) in [5, 5.41) is 0. The number of imidazole rings is 1. The number of aryl methyl sites for hydroxylation is 1. The SMILES string of the molecule is Cn1c(-c2nc(C=O)ccc2S(C)(=O)=O)nc2cc(SC(F)(F)F)ccc21. The van der Waals surface area contributed by atoms with Gasteiger partial charge in [-0.05, 0) is 42.1 Å². The fraction of sp³-hybridized carbons (Fsp3) is 0.188. The summed E-state index contributed by atoms with van der Waals surface area (Å²) in [5.41, 5.74) is -3.72. The summed E-state index contributed by atoms with van der Waals surface area (Å²) in [4.78, 5) is 19.2. The second-order valence-corrected chi connectivity index (χ2v) is 8.79. The summed E-state index contributed by atoms with van der Waals surface area (Å²) in [6, 6.07) is 6.56. The van der Waals surface area contributed by atoms with Gasteiger partial charge in [-0.15, -0.1) is 0 Å². The molecular formula is C16H12F3N3O3S2. The highest BCUT2D eigenvalue weighted by molar-refractivity contribution is 8.00. The maximum absolute atomic E-state index is 12.6. The third-order valence-corrected chi connectivity index (χ3v) is 5.55. The van der Waals surface area contributed by atoms with Gasteiger partial charge in [0.15, 0.2) is 21.9 Å². The summed E-state index contributed by atoms with van der Waals surface area (Å²) >= 11 is -0.267. The van der Waals surface area contributed by atoms with Crippen molar-refractivity contribution in [1.29, 1.82) is 0 Å². The van der Waals surface area contributed by atoms with Crippen molar-refractivity contribution in [3.63, 3.8) is 0 Å². The fourth-order valence-electron chi connectivity index (χ4n) is 2.58. The molecule has 0 aliphatic heterocycles. The van der Waals surface area contributed by atoms with Gasteiger partial charge in [0, 0.05) is 18.2 Å². The Morgan fingerprint density at radius 1 is 1.15 bits per heavy atom. The fourth-order valence-corrected chi connectivity index (χ4v) is 3.95. The van der Waals surface area contributed by atoms with Crippen LogP contribution in [0.1, 0.15) is 10.5 Å². The highest BCUT2D eigenvalue weighted by atomic mass is 32.2. The number of pyridine rings is 1. The zero-order valence-corrected chi connectivity index (χ0v) is 15.6. The minimum Gasteiger partial charge on any atom is -0.326 e.